The van der Waals surface area contributed by atoms with E-state index in [0.717, 1.165) is 53.6 Å². The van der Waals surface area contributed by atoms with Crippen LogP contribution >= 0.6 is 0 Å². The van der Waals surface area contributed by atoms with Gasteiger partial charge in [0.1, 0.15) is 18.2 Å². The number of hydrogen-bond acceptors (Lipinski definition) is 3. The maximum atomic E-state index is 13.7. The fourth-order valence-corrected chi connectivity index (χ4v) is 4.84. The second-order valence-corrected chi connectivity index (χ2v) is 9.19. The average Bonchev–Trinajstić information content (AvgIpc) is 2.92. The van der Waals surface area contributed by atoms with Gasteiger partial charge in [0.25, 0.3) is 0 Å². The largest absolute Gasteiger partial charge is 0.489 e. The van der Waals surface area contributed by atoms with Gasteiger partial charge in [-0.2, -0.15) is 0 Å². The molecule has 5 rings (SSSR count). The Morgan fingerprint density at radius 3 is 2.43 bits per heavy atom. The van der Waals surface area contributed by atoms with Crippen LogP contribution < -0.4 is 9.64 Å². The van der Waals surface area contributed by atoms with Crippen molar-refractivity contribution < 1.29 is 19.0 Å². The van der Waals surface area contributed by atoms with Gasteiger partial charge in [0.2, 0.25) is 0 Å². The van der Waals surface area contributed by atoms with Crippen molar-refractivity contribution >= 4 is 17.7 Å². The maximum Gasteiger partial charge on any atom is 0.328 e. The highest BCUT2D eigenvalue weighted by Gasteiger charge is 2.28. The van der Waals surface area contributed by atoms with Crippen LogP contribution in [0.5, 0.6) is 5.75 Å². The molecule has 1 heterocycles. The Morgan fingerprint density at radius 1 is 0.946 bits per heavy atom. The van der Waals surface area contributed by atoms with Crippen molar-refractivity contribution in [3.8, 4) is 5.75 Å². The molecule has 0 saturated carbocycles. The van der Waals surface area contributed by atoms with Gasteiger partial charge >= 0.3 is 5.97 Å². The van der Waals surface area contributed by atoms with E-state index in [1.807, 2.05) is 60.7 Å². The predicted molar refractivity (Wildman–Crippen MR) is 144 cm³/mol. The fourth-order valence-electron chi connectivity index (χ4n) is 4.84. The highest BCUT2D eigenvalue weighted by molar-refractivity contribution is 5.85. The molecule has 4 aromatic rings. The molecule has 1 aliphatic heterocycles. The molecule has 5 heteroatoms. The molecule has 1 aliphatic rings. The van der Waals surface area contributed by atoms with Crippen LogP contribution in [-0.4, -0.2) is 17.6 Å². The van der Waals surface area contributed by atoms with Gasteiger partial charge in [-0.15, -0.1) is 0 Å². The fraction of sp³-hybridized carbons (Fsp3) is 0.156. The van der Waals surface area contributed by atoms with Crippen molar-refractivity contribution in [1.82, 2.24) is 0 Å². The molecular formula is C32H28FNO3. The van der Waals surface area contributed by atoms with Gasteiger partial charge in [-0.05, 0) is 83.1 Å². The van der Waals surface area contributed by atoms with Gasteiger partial charge in [-0.3, -0.25) is 0 Å². The molecule has 0 bridgehead atoms. The zero-order chi connectivity index (χ0) is 25.6. The number of fused-ring (bicyclic) bond motifs is 1. The molecule has 4 nitrogen and oxygen atoms in total. The molecule has 0 fully saturated rings. The molecule has 37 heavy (non-hydrogen) atoms. The number of carbonyl (C=O) groups is 1. The summed E-state index contributed by atoms with van der Waals surface area (Å²) < 4.78 is 19.7. The lowest BCUT2D eigenvalue weighted by atomic mass is 9.88. The number of anilines is 1. The first-order valence-electron chi connectivity index (χ1n) is 12.4. The maximum absolute atomic E-state index is 13.7. The Labute approximate surface area is 216 Å². The number of hydrogen-bond donors (Lipinski definition) is 1. The predicted octanol–water partition coefficient (Wildman–Crippen LogP) is 6.85. The minimum absolute atomic E-state index is 0.0674. The van der Waals surface area contributed by atoms with Gasteiger partial charge in [0.05, 0.1) is 6.04 Å². The van der Waals surface area contributed by atoms with Crippen LogP contribution in [0.3, 0.4) is 0 Å². The summed E-state index contributed by atoms with van der Waals surface area (Å²) in [4.78, 5) is 13.2. The Hall–Kier alpha value is -4.38. The van der Waals surface area contributed by atoms with E-state index in [1.165, 1.54) is 23.3 Å². The van der Waals surface area contributed by atoms with E-state index in [4.69, 9.17) is 9.84 Å². The molecule has 1 atom stereocenters. The molecule has 0 aliphatic carbocycles. The molecule has 1 unspecified atom stereocenters. The third kappa shape index (κ3) is 6.07. The van der Waals surface area contributed by atoms with Crippen molar-refractivity contribution in [1.29, 1.82) is 0 Å². The van der Waals surface area contributed by atoms with E-state index in [2.05, 4.69) is 29.2 Å². The van der Waals surface area contributed by atoms with E-state index in [-0.39, 0.29) is 11.9 Å². The number of ether oxygens (including phenoxy) is 1. The minimum Gasteiger partial charge on any atom is -0.489 e. The average molecular weight is 494 g/mol. The van der Waals surface area contributed by atoms with Crippen molar-refractivity contribution in [2.45, 2.75) is 25.5 Å². The summed E-state index contributed by atoms with van der Waals surface area (Å²) in [6.45, 7) is 1.33. The van der Waals surface area contributed by atoms with Crippen LogP contribution in [0.2, 0.25) is 0 Å². The third-order valence-corrected chi connectivity index (χ3v) is 6.71. The lowest BCUT2D eigenvalue weighted by Gasteiger charge is -2.39. The Bertz CT molecular complexity index is 1380. The summed E-state index contributed by atoms with van der Waals surface area (Å²) in [6.07, 6.45) is 4.35. The topological polar surface area (TPSA) is 49.8 Å². The quantitative estimate of drug-likeness (QED) is 0.273. The lowest BCUT2D eigenvalue weighted by Crippen LogP contribution is -2.36. The number of nitrogens with zero attached hydrogens (tertiary/aromatic N) is 1. The number of carboxylic acids is 1. The minimum atomic E-state index is -0.968. The molecule has 0 spiro atoms. The number of aliphatic carboxylic acids is 1. The van der Waals surface area contributed by atoms with Crippen molar-refractivity contribution in [3.63, 3.8) is 0 Å². The number of rotatable bonds is 8. The van der Waals surface area contributed by atoms with Crippen molar-refractivity contribution in [3.05, 3.63) is 137 Å². The molecule has 0 aromatic heterocycles. The molecule has 0 amide bonds. The van der Waals surface area contributed by atoms with Crippen molar-refractivity contribution in [2.75, 3.05) is 11.4 Å². The number of benzene rings is 4. The van der Waals surface area contributed by atoms with E-state index in [1.54, 1.807) is 6.08 Å². The van der Waals surface area contributed by atoms with Crippen LogP contribution in [0, 0.1) is 5.82 Å². The first-order valence-corrected chi connectivity index (χ1v) is 12.4. The molecule has 0 radical (unpaired) electrons. The van der Waals surface area contributed by atoms with Gasteiger partial charge in [0, 0.05) is 18.3 Å². The standard InChI is InChI=1S/C32H28FNO3/c33-27-11-13-28(14-12-27)34-19-18-26-21-29(37-22-25-4-2-1-3-5-25)15-16-30(26)31(34)20-24-8-6-23(7-9-24)10-17-32(35)36/h1-17,21,31H,18-20,22H2,(H,35,36)/b17-10+. The van der Waals surface area contributed by atoms with Gasteiger partial charge in [0.15, 0.2) is 0 Å². The van der Waals surface area contributed by atoms with Gasteiger partial charge < -0.3 is 14.7 Å². The van der Waals surface area contributed by atoms with Crippen molar-refractivity contribution in [2.24, 2.45) is 0 Å². The lowest BCUT2D eigenvalue weighted by molar-refractivity contribution is -0.131. The number of halogens is 1. The van der Waals surface area contributed by atoms with Gasteiger partial charge in [-0.25, -0.2) is 9.18 Å². The van der Waals surface area contributed by atoms with Crippen LogP contribution in [0.15, 0.2) is 103 Å². The summed E-state index contributed by atoms with van der Waals surface area (Å²) in [6, 6.07) is 31.1. The molecule has 1 N–H and O–H groups in total. The van der Waals surface area contributed by atoms with E-state index in [9.17, 15) is 9.18 Å². The smallest absolute Gasteiger partial charge is 0.328 e. The SMILES string of the molecule is O=C(O)/C=C/c1ccc(CC2c3ccc(OCc4ccccc4)cc3CCN2c2ccc(F)cc2)cc1. The van der Waals surface area contributed by atoms with Gasteiger partial charge in [-0.1, -0.05) is 60.7 Å². The highest BCUT2D eigenvalue weighted by Crippen LogP contribution is 2.37. The first kappa shape index (κ1) is 24.3. The highest BCUT2D eigenvalue weighted by atomic mass is 19.1. The summed E-state index contributed by atoms with van der Waals surface area (Å²) in [5.41, 5.74) is 6.59. The second-order valence-electron chi connectivity index (χ2n) is 9.19. The summed E-state index contributed by atoms with van der Waals surface area (Å²) in [5, 5.41) is 8.88. The Morgan fingerprint density at radius 2 is 1.70 bits per heavy atom. The molecule has 0 saturated heterocycles. The molecular weight excluding hydrogens is 465 g/mol. The van der Waals surface area contributed by atoms with Crippen LogP contribution in [0.1, 0.15) is 33.9 Å². The van der Waals surface area contributed by atoms with E-state index in [0.29, 0.717) is 6.61 Å². The van der Waals surface area contributed by atoms with Crippen LogP contribution in [-0.2, 0) is 24.2 Å². The van der Waals surface area contributed by atoms with Crippen LogP contribution in [0.25, 0.3) is 6.08 Å². The Balaban J connectivity index is 1.41. The zero-order valence-electron chi connectivity index (χ0n) is 20.4. The molecule has 4 aromatic carbocycles. The third-order valence-electron chi connectivity index (χ3n) is 6.71. The monoisotopic (exact) mass is 493 g/mol. The zero-order valence-corrected chi connectivity index (χ0v) is 20.4. The Kier molecular flexibility index (Phi) is 7.31. The summed E-state index contributed by atoms with van der Waals surface area (Å²) in [5.74, 6) is -0.362. The second kappa shape index (κ2) is 11.1. The normalized spacial score (nSPS) is 14.9. The molecule has 186 valence electrons. The first-order chi connectivity index (χ1) is 18.0. The van der Waals surface area contributed by atoms with E-state index < -0.39 is 5.97 Å². The number of carboxylic acid groups (broad SMARTS) is 1. The summed E-state index contributed by atoms with van der Waals surface area (Å²) >= 11 is 0. The van der Waals surface area contributed by atoms with Crippen LogP contribution in [0.4, 0.5) is 10.1 Å². The summed E-state index contributed by atoms with van der Waals surface area (Å²) in [7, 11) is 0. The van der Waals surface area contributed by atoms with E-state index >= 15 is 0 Å².